The van der Waals surface area contributed by atoms with Crippen molar-refractivity contribution in [2.24, 2.45) is 4.99 Å². The first kappa shape index (κ1) is 26.2. The van der Waals surface area contributed by atoms with Crippen LogP contribution in [-0.4, -0.2) is 33.2 Å². The molecule has 0 saturated heterocycles. The number of fused-ring (bicyclic) bond motifs is 1. The van der Waals surface area contributed by atoms with Crippen molar-refractivity contribution in [3.05, 3.63) is 96.1 Å². The van der Waals surface area contributed by atoms with E-state index in [-0.39, 0.29) is 5.91 Å². The van der Waals surface area contributed by atoms with Gasteiger partial charge in [-0.2, -0.15) is 0 Å². The van der Waals surface area contributed by atoms with Crippen molar-refractivity contribution in [3.63, 3.8) is 0 Å². The predicted octanol–water partition coefficient (Wildman–Crippen LogP) is 5.80. The Morgan fingerprint density at radius 3 is 2.75 bits per heavy atom. The number of ether oxygens (including phenoxy) is 1. The van der Waals surface area contributed by atoms with E-state index in [1.54, 1.807) is 37.6 Å². The molecule has 0 fully saturated rings. The van der Waals surface area contributed by atoms with E-state index in [0.717, 1.165) is 16.8 Å². The quantitative estimate of drug-likeness (QED) is 0.255. The third kappa shape index (κ3) is 6.56. The summed E-state index contributed by atoms with van der Waals surface area (Å²) in [6.07, 6.45) is 11.0. The summed E-state index contributed by atoms with van der Waals surface area (Å²) in [7, 11) is 1.71. The van der Waals surface area contributed by atoms with Gasteiger partial charge < -0.3 is 19.8 Å². The fourth-order valence-corrected chi connectivity index (χ4v) is 3.45. The first-order chi connectivity index (χ1) is 17.6. The molecule has 0 aliphatic rings. The minimum atomic E-state index is -0.166. The number of amidine groups is 1. The molecule has 0 radical (unpaired) electrons. The van der Waals surface area contributed by atoms with E-state index < -0.39 is 0 Å². The molecular formula is C28H32N6O2. The van der Waals surface area contributed by atoms with Crippen LogP contribution in [0.3, 0.4) is 0 Å². The Labute approximate surface area is 211 Å². The first-order valence-electron chi connectivity index (χ1n) is 11.9. The number of imidazole rings is 1. The van der Waals surface area contributed by atoms with Crippen LogP contribution in [0.2, 0.25) is 0 Å². The number of amides is 1. The van der Waals surface area contributed by atoms with Crippen molar-refractivity contribution >= 4 is 23.2 Å². The van der Waals surface area contributed by atoms with Crippen LogP contribution in [0.25, 0.3) is 5.65 Å². The molecule has 0 bridgehead atoms. The zero-order chi connectivity index (χ0) is 25.9. The number of allylic oxidation sites excluding steroid dienone is 1. The fraction of sp³-hybridized carbons (Fsp3) is 0.214. The summed E-state index contributed by atoms with van der Waals surface area (Å²) in [5.74, 6) is 2.33. The molecule has 0 spiro atoms. The van der Waals surface area contributed by atoms with Gasteiger partial charge in [0, 0.05) is 55.6 Å². The lowest BCUT2D eigenvalue weighted by atomic mass is 10.1. The van der Waals surface area contributed by atoms with Gasteiger partial charge in [0.2, 0.25) is 0 Å². The van der Waals surface area contributed by atoms with Gasteiger partial charge in [-0.15, -0.1) is 0 Å². The molecule has 4 aromatic rings. The van der Waals surface area contributed by atoms with Gasteiger partial charge in [0.1, 0.15) is 28.8 Å². The van der Waals surface area contributed by atoms with Gasteiger partial charge in [-0.3, -0.25) is 9.79 Å². The summed E-state index contributed by atoms with van der Waals surface area (Å²) < 4.78 is 8.01. The number of rotatable bonds is 7. The number of nitrogens with one attached hydrogen (secondary N) is 2. The molecule has 3 heterocycles. The summed E-state index contributed by atoms with van der Waals surface area (Å²) in [5.41, 5.74) is 3.15. The van der Waals surface area contributed by atoms with E-state index in [2.05, 4.69) is 25.6 Å². The van der Waals surface area contributed by atoms with Gasteiger partial charge in [-0.05, 0) is 49.8 Å². The largest absolute Gasteiger partial charge is 0.457 e. The maximum absolute atomic E-state index is 12.9. The number of nitrogens with zero attached hydrogens (tertiary/aromatic N) is 4. The molecule has 3 aromatic heterocycles. The van der Waals surface area contributed by atoms with Crippen molar-refractivity contribution in [3.8, 4) is 11.5 Å². The smallest absolute Gasteiger partial charge is 0.251 e. The number of pyridine rings is 2. The second-order valence-electron chi connectivity index (χ2n) is 7.55. The SMILES string of the molecule is C/C=C\C(=NC)Nc1cc(Oc2cccc(C(=O)NCc3ccc4nccn4c3)c2C)ccn1.CC. The zero-order valence-electron chi connectivity index (χ0n) is 21.3. The second kappa shape index (κ2) is 12.9. The Kier molecular flexibility index (Phi) is 9.33. The minimum Gasteiger partial charge on any atom is -0.457 e. The summed E-state index contributed by atoms with van der Waals surface area (Å²) in [6.45, 7) is 8.20. The van der Waals surface area contributed by atoms with Crippen molar-refractivity contribution < 1.29 is 9.53 Å². The van der Waals surface area contributed by atoms with Crippen molar-refractivity contribution in [2.75, 3.05) is 12.4 Å². The highest BCUT2D eigenvalue weighted by atomic mass is 16.5. The Balaban J connectivity index is 0.00000176. The highest BCUT2D eigenvalue weighted by Crippen LogP contribution is 2.28. The third-order valence-corrected chi connectivity index (χ3v) is 5.21. The summed E-state index contributed by atoms with van der Waals surface area (Å²) in [6, 6.07) is 12.9. The summed E-state index contributed by atoms with van der Waals surface area (Å²) >= 11 is 0. The first-order valence-corrected chi connectivity index (χ1v) is 11.9. The van der Waals surface area contributed by atoms with Crippen LogP contribution >= 0.6 is 0 Å². The monoisotopic (exact) mass is 484 g/mol. The molecule has 1 aromatic carbocycles. The summed E-state index contributed by atoms with van der Waals surface area (Å²) in [4.78, 5) is 25.6. The minimum absolute atomic E-state index is 0.166. The van der Waals surface area contributed by atoms with Gasteiger partial charge in [0.25, 0.3) is 5.91 Å². The second-order valence-corrected chi connectivity index (χ2v) is 7.55. The molecule has 36 heavy (non-hydrogen) atoms. The maximum Gasteiger partial charge on any atom is 0.251 e. The Morgan fingerprint density at radius 1 is 1.14 bits per heavy atom. The third-order valence-electron chi connectivity index (χ3n) is 5.21. The van der Waals surface area contributed by atoms with Gasteiger partial charge in [0.05, 0.1) is 0 Å². The average molecular weight is 485 g/mol. The Hall–Kier alpha value is -4.46. The Morgan fingerprint density at radius 2 is 1.97 bits per heavy atom. The molecular weight excluding hydrogens is 452 g/mol. The lowest BCUT2D eigenvalue weighted by Gasteiger charge is -2.13. The number of aliphatic imine (C=N–C) groups is 1. The normalized spacial score (nSPS) is 11.2. The molecule has 186 valence electrons. The number of carbonyl (C=O) groups excluding carboxylic acids is 1. The van der Waals surface area contributed by atoms with Gasteiger partial charge in [-0.1, -0.05) is 32.1 Å². The zero-order valence-corrected chi connectivity index (χ0v) is 21.3. The lowest BCUT2D eigenvalue weighted by molar-refractivity contribution is 0.0950. The van der Waals surface area contributed by atoms with E-state index in [9.17, 15) is 4.79 Å². The molecule has 1 amide bonds. The van der Waals surface area contributed by atoms with Crippen LogP contribution in [0.4, 0.5) is 5.82 Å². The molecule has 4 rings (SSSR count). The van der Waals surface area contributed by atoms with Crippen LogP contribution in [0, 0.1) is 6.92 Å². The van der Waals surface area contributed by atoms with Gasteiger partial charge >= 0.3 is 0 Å². The van der Waals surface area contributed by atoms with Crippen LogP contribution in [0.15, 0.2) is 84.4 Å². The average Bonchev–Trinajstić information content (AvgIpc) is 3.38. The molecule has 2 N–H and O–H groups in total. The number of anilines is 1. The number of aromatic nitrogens is 3. The molecule has 0 saturated carbocycles. The van der Waals surface area contributed by atoms with Crippen LogP contribution in [-0.2, 0) is 6.54 Å². The van der Waals surface area contributed by atoms with E-state index in [4.69, 9.17) is 4.74 Å². The van der Waals surface area contributed by atoms with Crippen LogP contribution in [0.1, 0.15) is 42.3 Å². The highest BCUT2D eigenvalue weighted by molar-refractivity contribution is 6.03. The van der Waals surface area contributed by atoms with Gasteiger partial charge in [-0.25, -0.2) is 9.97 Å². The van der Waals surface area contributed by atoms with Crippen LogP contribution in [0.5, 0.6) is 11.5 Å². The van der Waals surface area contributed by atoms with Crippen molar-refractivity contribution in [2.45, 2.75) is 34.2 Å². The van der Waals surface area contributed by atoms with Crippen LogP contribution < -0.4 is 15.4 Å². The number of carbonyl (C=O) groups is 1. The standard InChI is InChI=1S/C26H26N6O2.C2H6/c1-4-6-23(27-3)31-24-15-20(11-12-28-24)34-22-8-5-7-21(18(22)2)26(33)30-16-19-9-10-25-29-13-14-32(25)17-19;1-2/h4-15,17H,16H2,1-3H3,(H,30,33)(H,27,28,31);1-2H3/b6-4-;. The topological polar surface area (TPSA) is 92.9 Å². The Bertz CT molecular complexity index is 1370. The van der Waals surface area contributed by atoms with E-state index in [1.165, 1.54) is 0 Å². The molecule has 8 nitrogen and oxygen atoms in total. The van der Waals surface area contributed by atoms with E-state index in [0.29, 0.717) is 35.3 Å². The molecule has 0 aliphatic heterocycles. The molecule has 0 aliphatic carbocycles. The van der Waals surface area contributed by atoms with Gasteiger partial charge in [0.15, 0.2) is 0 Å². The molecule has 0 atom stereocenters. The van der Waals surface area contributed by atoms with E-state index in [1.807, 2.05) is 80.9 Å². The van der Waals surface area contributed by atoms with E-state index >= 15 is 0 Å². The number of hydrogen-bond donors (Lipinski definition) is 2. The number of benzene rings is 1. The van der Waals surface area contributed by atoms with Crippen molar-refractivity contribution in [1.29, 1.82) is 0 Å². The fourth-order valence-electron chi connectivity index (χ4n) is 3.45. The maximum atomic E-state index is 12.9. The van der Waals surface area contributed by atoms with Crippen molar-refractivity contribution in [1.82, 2.24) is 19.7 Å². The number of hydrogen-bond acceptors (Lipinski definition) is 5. The lowest BCUT2D eigenvalue weighted by Crippen LogP contribution is -2.23. The molecule has 0 unspecified atom stereocenters. The summed E-state index contributed by atoms with van der Waals surface area (Å²) in [5, 5.41) is 6.13. The molecule has 8 heteroatoms. The predicted molar refractivity (Wildman–Crippen MR) is 145 cm³/mol. The highest BCUT2D eigenvalue weighted by Gasteiger charge is 2.13.